The predicted molar refractivity (Wildman–Crippen MR) is 240 cm³/mol. The van der Waals surface area contributed by atoms with Gasteiger partial charge in [0.2, 0.25) is 5.91 Å². The lowest BCUT2D eigenvalue weighted by Gasteiger charge is -2.25. The standard InChI is InChI=1S/C47H91N2O6P/c1-6-8-10-12-14-15-16-17-18-19-20-21-22-23-24-25-26-27-28-29-30-31-32-33-35-37-39-41-47(51)48-45(46(50)40-38-36-34-13-11-9-7-2)44-55-56(52,53)54-43-42-49(3,4)5/h16-17,19-20,38,40,45-46,50H,6-15,18,21-37,39,41-44H2,1-5H3,(H-,48,51,52,53)/p+1/b17-16-,20-19-,40-38+. The fourth-order valence-corrected chi connectivity index (χ4v) is 7.34. The van der Waals surface area contributed by atoms with Gasteiger partial charge in [0.1, 0.15) is 13.2 Å². The van der Waals surface area contributed by atoms with Gasteiger partial charge in [0, 0.05) is 6.42 Å². The topological polar surface area (TPSA) is 105 Å². The molecule has 8 nitrogen and oxygen atoms in total. The molecule has 3 atom stereocenters. The van der Waals surface area contributed by atoms with E-state index in [1.54, 1.807) is 6.08 Å². The molecule has 0 aromatic rings. The normalized spacial score (nSPS) is 14.6. The number of phosphoric acid groups is 1. The second-order valence-electron chi connectivity index (χ2n) is 17.1. The molecule has 0 aliphatic carbocycles. The lowest BCUT2D eigenvalue weighted by atomic mass is 10.0. The Morgan fingerprint density at radius 1 is 0.607 bits per heavy atom. The third-order valence-electron chi connectivity index (χ3n) is 10.4. The van der Waals surface area contributed by atoms with Gasteiger partial charge < -0.3 is 19.8 Å². The van der Waals surface area contributed by atoms with Gasteiger partial charge in [0.25, 0.3) is 0 Å². The molecule has 0 saturated carbocycles. The first-order valence-electron chi connectivity index (χ1n) is 23.4. The minimum absolute atomic E-state index is 0.0613. The van der Waals surface area contributed by atoms with Crippen LogP contribution in [-0.4, -0.2) is 73.4 Å². The number of amides is 1. The highest BCUT2D eigenvalue weighted by molar-refractivity contribution is 7.47. The number of allylic oxidation sites excluding steroid dienone is 5. The first kappa shape index (κ1) is 54.7. The summed E-state index contributed by atoms with van der Waals surface area (Å²) < 4.78 is 23.4. The Morgan fingerprint density at radius 2 is 1.02 bits per heavy atom. The molecule has 3 unspecified atom stereocenters. The molecule has 3 N–H and O–H groups in total. The van der Waals surface area contributed by atoms with Gasteiger partial charge in [-0.15, -0.1) is 0 Å². The van der Waals surface area contributed by atoms with Crippen LogP contribution < -0.4 is 5.32 Å². The first-order chi connectivity index (χ1) is 27.0. The van der Waals surface area contributed by atoms with Crippen molar-refractivity contribution < 1.29 is 32.9 Å². The number of nitrogens with zero attached hydrogens (tertiary/aromatic N) is 1. The Balaban J connectivity index is 4.02. The van der Waals surface area contributed by atoms with Gasteiger partial charge in [0.05, 0.1) is 39.9 Å². The zero-order chi connectivity index (χ0) is 41.4. The van der Waals surface area contributed by atoms with Crippen LogP contribution in [0, 0.1) is 0 Å². The van der Waals surface area contributed by atoms with Gasteiger partial charge in [-0.3, -0.25) is 13.8 Å². The van der Waals surface area contributed by atoms with Crippen molar-refractivity contribution in [2.75, 3.05) is 40.9 Å². The van der Waals surface area contributed by atoms with Crippen molar-refractivity contribution in [1.82, 2.24) is 5.32 Å². The molecule has 330 valence electrons. The summed E-state index contributed by atoms with van der Waals surface area (Å²) in [5.41, 5.74) is 0. The molecule has 0 aliphatic heterocycles. The van der Waals surface area contributed by atoms with Crippen LogP contribution in [0.5, 0.6) is 0 Å². The zero-order valence-corrected chi connectivity index (χ0v) is 38.3. The minimum atomic E-state index is -4.33. The van der Waals surface area contributed by atoms with Crippen molar-refractivity contribution in [3.05, 3.63) is 36.5 Å². The van der Waals surface area contributed by atoms with Crippen molar-refractivity contribution in [2.24, 2.45) is 0 Å². The summed E-state index contributed by atoms with van der Waals surface area (Å²) >= 11 is 0. The zero-order valence-electron chi connectivity index (χ0n) is 37.4. The quantitative estimate of drug-likeness (QED) is 0.0245. The SMILES string of the molecule is CCCCCCC/C=C\C/C=C\CCCCCCCCCCCCCCCCCC(=O)NC(COP(=O)(O)OCC[N+](C)(C)C)C(O)/C=C/CCCCCCC. The fraction of sp³-hybridized carbons (Fsp3) is 0.851. The third-order valence-corrected chi connectivity index (χ3v) is 11.3. The Bertz CT molecular complexity index is 1010. The summed E-state index contributed by atoms with van der Waals surface area (Å²) in [6.07, 6.45) is 48.2. The largest absolute Gasteiger partial charge is 0.472 e. The van der Waals surface area contributed by atoms with E-state index in [0.29, 0.717) is 17.4 Å². The van der Waals surface area contributed by atoms with E-state index in [-0.39, 0.29) is 19.1 Å². The number of nitrogens with one attached hydrogen (secondary N) is 1. The molecule has 56 heavy (non-hydrogen) atoms. The monoisotopic (exact) mass is 812 g/mol. The number of quaternary nitrogens is 1. The van der Waals surface area contributed by atoms with E-state index in [4.69, 9.17) is 9.05 Å². The lowest BCUT2D eigenvalue weighted by Crippen LogP contribution is -2.45. The van der Waals surface area contributed by atoms with Crippen molar-refractivity contribution in [1.29, 1.82) is 0 Å². The van der Waals surface area contributed by atoms with Crippen LogP contribution in [0.2, 0.25) is 0 Å². The van der Waals surface area contributed by atoms with E-state index >= 15 is 0 Å². The molecule has 0 heterocycles. The number of aliphatic hydroxyl groups excluding tert-OH is 1. The number of likely N-dealkylation sites (N-methyl/N-ethyl adjacent to an activating group) is 1. The Labute approximate surface area is 347 Å². The van der Waals surface area contributed by atoms with Crippen LogP contribution in [0.25, 0.3) is 0 Å². The van der Waals surface area contributed by atoms with E-state index in [0.717, 1.165) is 44.9 Å². The van der Waals surface area contributed by atoms with Crippen LogP contribution in [0.3, 0.4) is 0 Å². The van der Waals surface area contributed by atoms with Gasteiger partial charge in [-0.25, -0.2) is 4.57 Å². The molecule has 0 bridgehead atoms. The van der Waals surface area contributed by atoms with Gasteiger partial charge >= 0.3 is 7.82 Å². The molecule has 0 radical (unpaired) electrons. The highest BCUT2D eigenvalue weighted by Crippen LogP contribution is 2.43. The van der Waals surface area contributed by atoms with Crippen molar-refractivity contribution in [2.45, 2.75) is 219 Å². The third kappa shape index (κ3) is 40.9. The summed E-state index contributed by atoms with van der Waals surface area (Å²) in [5, 5.41) is 13.7. The van der Waals surface area contributed by atoms with Crippen molar-refractivity contribution >= 4 is 13.7 Å². The molecule has 0 saturated heterocycles. The minimum Gasteiger partial charge on any atom is -0.387 e. The maximum atomic E-state index is 12.8. The number of carbonyl (C=O) groups is 1. The van der Waals surface area contributed by atoms with Crippen molar-refractivity contribution in [3.63, 3.8) is 0 Å². The number of hydrogen-bond acceptors (Lipinski definition) is 5. The van der Waals surface area contributed by atoms with Crippen molar-refractivity contribution in [3.8, 4) is 0 Å². The molecule has 1 amide bonds. The van der Waals surface area contributed by atoms with E-state index < -0.39 is 20.0 Å². The molecule has 0 fully saturated rings. The summed E-state index contributed by atoms with van der Waals surface area (Å²) in [6, 6.07) is -0.842. The van der Waals surface area contributed by atoms with E-state index in [1.807, 2.05) is 27.2 Å². The van der Waals surface area contributed by atoms with Gasteiger partial charge in [-0.05, 0) is 51.4 Å². The Hall–Kier alpha value is -1.28. The Kier molecular flexibility index (Phi) is 38.3. The average Bonchev–Trinajstić information content (AvgIpc) is 3.15. The maximum absolute atomic E-state index is 12.8. The summed E-state index contributed by atoms with van der Waals surface area (Å²) in [6.45, 7) is 4.74. The van der Waals surface area contributed by atoms with Crippen LogP contribution in [0.15, 0.2) is 36.5 Å². The highest BCUT2D eigenvalue weighted by Gasteiger charge is 2.27. The number of rotatable bonds is 42. The van der Waals surface area contributed by atoms with Gasteiger partial charge in [-0.1, -0.05) is 185 Å². The smallest absolute Gasteiger partial charge is 0.387 e. The molecular formula is C47H92N2O6P+. The summed E-state index contributed by atoms with van der Waals surface area (Å²) in [7, 11) is 1.57. The van der Waals surface area contributed by atoms with Gasteiger partial charge in [0.15, 0.2) is 0 Å². The number of phosphoric ester groups is 1. The fourth-order valence-electron chi connectivity index (χ4n) is 6.60. The first-order valence-corrected chi connectivity index (χ1v) is 24.9. The molecule has 0 aliphatic rings. The second kappa shape index (κ2) is 39.2. The van der Waals surface area contributed by atoms with Crippen LogP contribution >= 0.6 is 7.82 Å². The van der Waals surface area contributed by atoms with Crippen LogP contribution in [0.4, 0.5) is 0 Å². The number of carbonyl (C=O) groups excluding carboxylic acids is 1. The molecule has 0 rings (SSSR count). The second-order valence-corrected chi connectivity index (χ2v) is 18.6. The molecule has 0 aromatic carbocycles. The Morgan fingerprint density at radius 3 is 1.46 bits per heavy atom. The maximum Gasteiger partial charge on any atom is 0.472 e. The van der Waals surface area contributed by atoms with E-state index in [2.05, 4.69) is 43.5 Å². The predicted octanol–water partition coefficient (Wildman–Crippen LogP) is 13.1. The van der Waals surface area contributed by atoms with Crippen LogP contribution in [-0.2, 0) is 18.4 Å². The summed E-state index contributed by atoms with van der Waals surface area (Å²) in [5.74, 6) is -0.182. The number of hydrogen-bond donors (Lipinski definition) is 3. The van der Waals surface area contributed by atoms with Gasteiger partial charge in [-0.2, -0.15) is 0 Å². The van der Waals surface area contributed by atoms with Crippen LogP contribution in [0.1, 0.15) is 206 Å². The van der Waals surface area contributed by atoms with E-state index in [1.165, 1.54) is 141 Å². The molecular weight excluding hydrogens is 719 g/mol. The highest BCUT2D eigenvalue weighted by atomic mass is 31.2. The summed E-state index contributed by atoms with van der Waals surface area (Å²) in [4.78, 5) is 23.0. The van der Waals surface area contributed by atoms with E-state index in [9.17, 15) is 19.4 Å². The molecule has 0 aromatic heterocycles. The number of aliphatic hydroxyl groups is 1. The lowest BCUT2D eigenvalue weighted by molar-refractivity contribution is -0.870. The average molecular weight is 812 g/mol. The molecule has 9 heteroatoms. The number of unbranched alkanes of at least 4 members (excludes halogenated alkanes) is 25. The molecule has 0 spiro atoms.